The fourth-order valence-corrected chi connectivity index (χ4v) is 6.03. The number of sulfonamides is 1. The van der Waals surface area contributed by atoms with E-state index in [1.54, 1.807) is 0 Å². The van der Waals surface area contributed by atoms with Crippen LogP contribution < -0.4 is 4.72 Å². The molecule has 0 radical (unpaired) electrons. The predicted molar refractivity (Wildman–Crippen MR) is 76.5 cm³/mol. The minimum Gasteiger partial charge on any atom is -0.229 e. The van der Waals surface area contributed by atoms with Gasteiger partial charge in [-0.05, 0) is 28.9 Å². The summed E-state index contributed by atoms with van der Waals surface area (Å²) in [5.74, 6) is -0.257. The Morgan fingerprint density at radius 2 is 2.00 bits per heavy atom. The molecule has 18 heavy (non-hydrogen) atoms. The maximum absolute atomic E-state index is 11.9. The van der Waals surface area contributed by atoms with Gasteiger partial charge in [0.25, 0.3) is 0 Å². The highest BCUT2D eigenvalue weighted by atomic mass is 79.9. The van der Waals surface area contributed by atoms with E-state index < -0.39 is 25.9 Å². The van der Waals surface area contributed by atoms with Crippen molar-refractivity contribution < 1.29 is 16.8 Å². The highest BCUT2D eigenvalue weighted by Gasteiger charge is 2.22. The molecule has 0 fully saturated rings. The molecule has 1 heterocycles. The van der Waals surface area contributed by atoms with Gasteiger partial charge in [-0.2, -0.15) is 0 Å². The fraction of sp³-hybridized carbons (Fsp3) is 0.500. The number of hydrogen-bond donors (Lipinski definition) is 1. The van der Waals surface area contributed by atoms with Crippen LogP contribution in [0.2, 0.25) is 5.02 Å². The lowest BCUT2D eigenvalue weighted by atomic mass is 10.4. The van der Waals surface area contributed by atoms with E-state index in [1.807, 2.05) is 0 Å². The molecular formula is C8H11BrClNO4S3. The molecule has 104 valence electrons. The molecule has 0 aliphatic carbocycles. The Morgan fingerprint density at radius 1 is 1.44 bits per heavy atom. The van der Waals surface area contributed by atoms with Crippen LogP contribution in [0.5, 0.6) is 0 Å². The number of hydrogen-bond acceptors (Lipinski definition) is 5. The molecule has 1 rings (SSSR count). The van der Waals surface area contributed by atoms with Gasteiger partial charge in [0, 0.05) is 12.3 Å². The average molecular weight is 397 g/mol. The lowest BCUT2D eigenvalue weighted by molar-refractivity contribution is 0.566. The van der Waals surface area contributed by atoms with Crippen molar-refractivity contribution in [2.45, 2.75) is 17.2 Å². The minimum atomic E-state index is -3.74. The molecule has 0 saturated heterocycles. The molecule has 1 aromatic rings. The lowest BCUT2D eigenvalue weighted by Gasteiger charge is -2.11. The van der Waals surface area contributed by atoms with Crippen molar-refractivity contribution in [2.24, 2.45) is 0 Å². The number of thiophene rings is 1. The number of halogens is 2. The molecule has 0 amide bonds. The van der Waals surface area contributed by atoms with Gasteiger partial charge in [0.2, 0.25) is 10.0 Å². The van der Waals surface area contributed by atoms with E-state index in [2.05, 4.69) is 20.7 Å². The quantitative estimate of drug-likeness (QED) is 0.824. The third kappa shape index (κ3) is 4.78. The SMILES string of the molecule is CC(CS(C)(=O)=O)NS(=O)(=O)c1cc(Cl)c(Br)s1. The summed E-state index contributed by atoms with van der Waals surface area (Å²) in [5.41, 5.74) is 0. The van der Waals surface area contributed by atoms with Crippen LogP contribution in [0, 0.1) is 0 Å². The second-order valence-corrected chi connectivity index (χ2v) is 10.7. The monoisotopic (exact) mass is 395 g/mol. The number of nitrogens with one attached hydrogen (secondary N) is 1. The van der Waals surface area contributed by atoms with Crippen molar-refractivity contribution in [3.63, 3.8) is 0 Å². The molecule has 1 N–H and O–H groups in total. The Labute approximate surface area is 124 Å². The Hall–Kier alpha value is 0.330. The smallest absolute Gasteiger partial charge is 0.229 e. The summed E-state index contributed by atoms with van der Waals surface area (Å²) < 4.78 is 48.8. The summed E-state index contributed by atoms with van der Waals surface area (Å²) in [5, 5.41) is 0.302. The largest absolute Gasteiger partial charge is 0.250 e. The zero-order chi connectivity index (χ0) is 14.1. The van der Waals surface area contributed by atoms with Crippen LogP contribution in [0.3, 0.4) is 0 Å². The molecule has 10 heteroatoms. The van der Waals surface area contributed by atoms with Crippen LogP contribution in [0.4, 0.5) is 0 Å². The van der Waals surface area contributed by atoms with Crippen molar-refractivity contribution in [3.05, 3.63) is 14.9 Å². The summed E-state index contributed by atoms with van der Waals surface area (Å²) in [4.78, 5) is 0. The summed E-state index contributed by atoms with van der Waals surface area (Å²) in [6.07, 6.45) is 1.05. The van der Waals surface area contributed by atoms with E-state index >= 15 is 0 Å². The highest BCUT2D eigenvalue weighted by molar-refractivity contribution is 9.11. The van der Waals surface area contributed by atoms with E-state index in [4.69, 9.17) is 11.6 Å². The van der Waals surface area contributed by atoms with Gasteiger partial charge in [-0.15, -0.1) is 11.3 Å². The average Bonchev–Trinajstić information content (AvgIpc) is 2.42. The molecule has 0 spiro atoms. The Morgan fingerprint density at radius 3 is 2.39 bits per heavy atom. The molecular weight excluding hydrogens is 386 g/mol. The normalized spacial score (nSPS) is 14.7. The van der Waals surface area contributed by atoms with Gasteiger partial charge in [-0.3, -0.25) is 0 Å². The first kappa shape index (κ1) is 16.4. The van der Waals surface area contributed by atoms with Gasteiger partial charge < -0.3 is 0 Å². The molecule has 1 unspecified atom stereocenters. The summed E-state index contributed by atoms with van der Waals surface area (Å²) in [6.45, 7) is 1.49. The third-order valence-corrected chi connectivity index (χ3v) is 7.44. The molecule has 1 atom stereocenters. The van der Waals surface area contributed by atoms with Gasteiger partial charge in [0.1, 0.15) is 14.0 Å². The van der Waals surface area contributed by atoms with Crippen LogP contribution >= 0.6 is 38.9 Å². The van der Waals surface area contributed by atoms with Crippen LogP contribution in [0.15, 0.2) is 14.1 Å². The van der Waals surface area contributed by atoms with Crippen molar-refractivity contribution >= 4 is 58.7 Å². The van der Waals surface area contributed by atoms with Gasteiger partial charge in [0.15, 0.2) is 0 Å². The molecule has 0 saturated carbocycles. The topological polar surface area (TPSA) is 80.3 Å². The van der Waals surface area contributed by atoms with Crippen LogP contribution in [-0.4, -0.2) is 34.9 Å². The van der Waals surface area contributed by atoms with Crippen molar-refractivity contribution in [2.75, 3.05) is 12.0 Å². The van der Waals surface area contributed by atoms with Crippen LogP contribution in [-0.2, 0) is 19.9 Å². The Kier molecular flexibility index (Phi) is 5.24. The van der Waals surface area contributed by atoms with Crippen LogP contribution in [0.1, 0.15) is 6.92 Å². The first-order chi connectivity index (χ1) is 8.01. The number of rotatable bonds is 5. The zero-order valence-electron chi connectivity index (χ0n) is 9.48. The molecule has 1 aromatic heterocycles. The van der Waals surface area contributed by atoms with E-state index in [1.165, 1.54) is 13.0 Å². The maximum atomic E-state index is 11.9. The first-order valence-corrected chi connectivity index (χ1v) is 10.2. The van der Waals surface area contributed by atoms with Gasteiger partial charge in [-0.1, -0.05) is 11.6 Å². The maximum Gasteiger partial charge on any atom is 0.250 e. The van der Waals surface area contributed by atoms with Gasteiger partial charge in [-0.25, -0.2) is 21.6 Å². The molecule has 5 nitrogen and oxygen atoms in total. The standard InChI is InChI=1S/C8H11BrClNO4S3/c1-5(4-17(2,12)13)11-18(14,15)7-3-6(10)8(9)16-7/h3,5,11H,4H2,1-2H3. The van der Waals surface area contributed by atoms with Crippen molar-refractivity contribution in [3.8, 4) is 0 Å². The van der Waals surface area contributed by atoms with E-state index in [-0.39, 0.29) is 9.96 Å². The molecule has 0 bridgehead atoms. The highest BCUT2D eigenvalue weighted by Crippen LogP contribution is 2.34. The lowest BCUT2D eigenvalue weighted by Crippen LogP contribution is -2.36. The van der Waals surface area contributed by atoms with Crippen molar-refractivity contribution in [1.29, 1.82) is 0 Å². The first-order valence-electron chi connectivity index (χ1n) is 4.66. The third-order valence-electron chi connectivity index (χ3n) is 1.80. The zero-order valence-corrected chi connectivity index (χ0v) is 14.3. The minimum absolute atomic E-state index is 0.0414. The predicted octanol–water partition coefficient (Wildman–Crippen LogP) is 1.88. The molecule has 0 aliphatic heterocycles. The summed E-state index contributed by atoms with van der Waals surface area (Å²) in [6, 6.07) is 0.607. The second-order valence-electron chi connectivity index (χ2n) is 3.80. The fourth-order valence-electron chi connectivity index (χ4n) is 1.27. The Bertz CT molecular complexity index is 618. The second kappa shape index (κ2) is 5.76. The summed E-state index contributed by atoms with van der Waals surface area (Å²) >= 11 is 9.84. The van der Waals surface area contributed by atoms with Gasteiger partial charge >= 0.3 is 0 Å². The van der Waals surface area contributed by atoms with E-state index in [0.717, 1.165) is 17.6 Å². The Balaban J connectivity index is 2.89. The summed E-state index contributed by atoms with van der Waals surface area (Å²) in [7, 11) is -6.98. The van der Waals surface area contributed by atoms with Crippen LogP contribution in [0.25, 0.3) is 0 Å². The van der Waals surface area contributed by atoms with E-state index in [9.17, 15) is 16.8 Å². The molecule has 0 aromatic carbocycles. The van der Waals surface area contributed by atoms with Gasteiger partial charge in [0.05, 0.1) is 14.6 Å². The van der Waals surface area contributed by atoms with E-state index in [0.29, 0.717) is 8.81 Å². The van der Waals surface area contributed by atoms with Crippen molar-refractivity contribution in [1.82, 2.24) is 4.72 Å². The number of sulfone groups is 1. The molecule has 0 aliphatic rings.